The van der Waals surface area contributed by atoms with E-state index in [0.29, 0.717) is 18.9 Å². The first-order valence-electron chi connectivity index (χ1n) is 5.87. The molecule has 1 heterocycles. The average molecular weight is 258 g/mol. The van der Waals surface area contributed by atoms with E-state index < -0.39 is 11.4 Å². The zero-order valence-electron chi connectivity index (χ0n) is 9.94. The van der Waals surface area contributed by atoms with Crippen LogP contribution in [0.4, 0.5) is 4.79 Å². The van der Waals surface area contributed by atoms with Crippen LogP contribution in [-0.4, -0.2) is 53.1 Å². The molecule has 6 heteroatoms. The van der Waals surface area contributed by atoms with Crippen molar-refractivity contribution >= 4 is 23.8 Å². The number of rotatable bonds is 4. The van der Waals surface area contributed by atoms with E-state index >= 15 is 0 Å². The maximum Gasteiger partial charge on any atom is 0.317 e. The molecule has 1 atom stereocenters. The van der Waals surface area contributed by atoms with Crippen LogP contribution in [0.25, 0.3) is 0 Å². The molecule has 2 rings (SSSR count). The molecule has 1 unspecified atom stereocenters. The molecule has 0 aromatic rings. The molecule has 0 spiro atoms. The second kappa shape index (κ2) is 4.76. The number of carbonyl (C=O) groups excluding carboxylic acids is 1. The highest BCUT2D eigenvalue weighted by atomic mass is 32.2. The average Bonchev–Trinajstić information content (AvgIpc) is 2.91. The molecule has 1 saturated heterocycles. The van der Waals surface area contributed by atoms with Crippen molar-refractivity contribution in [1.82, 2.24) is 10.2 Å². The highest BCUT2D eigenvalue weighted by Crippen LogP contribution is 2.45. The normalized spacial score (nSPS) is 25.4. The maximum absolute atomic E-state index is 11.8. The molecule has 0 radical (unpaired) electrons. The van der Waals surface area contributed by atoms with Crippen molar-refractivity contribution in [1.29, 1.82) is 0 Å². The number of carbonyl (C=O) groups is 2. The van der Waals surface area contributed by atoms with Gasteiger partial charge >= 0.3 is 12.0 Å². The molecule has 1 saturated carbocycles. The lowest BCUT2D eigenvalue weighted by molar-refractivity contribution is -0.143. The molecule has 0 aromatic carbocycles. The van der Waals surface area contributed by atoms with E-state index in [0.717, 1.165) is 17.9 Å². The van der Waals surface area contributed by atoms with Crippen molar-refractivity contribution in [2.45, 2.75) is 25.3 Å². The third kappa shape index (κ3) is 2.68. The molecule has 1 aliphatic carbocycles. The Morgan fingerprint density at radius 3 is 2.71 bits per heavy atom. The third-order valence-corrected chi connectivity index (χ3v) is 4.80. The molecule has 5 nitrogen and oxygen atoms in total. The largest absolute Gasteiger partial charge is 0.481 e. The van der Waals surface area contributed by atoms with Crippen molar-refractivity contribution in [3.8, 4) is 0 Å². The van der Waals surface area contributed by atoms with Gasteiger partial charge in [0.2, 0.25) is 0 Å². The van der Waals surface area contributed by atoms with E-state index in [-0.39, 0.29) is 12.6 Å². The van der Waals surface area contributed by atoms with Crippen molar-refractivity contribution < 1.29 is 14.7 Å². The summed E-state index contributed by atoms with van der Waals surface area (Å²) >= 11 is 1.85. The van der Waals surface area contributed by atoms with Gasteiger partial charge in [0, 0.05) is 25.4 Å². The molecule has 2 aliphatic rings. The van der Waals surface area contributed by atoms with Crippen LogP contribution in [0.2, 0.25) is 0 Å². The quantitative estimate of drug-likeness (QED) is 0.789. The minimum absolute atomic E-state index is 0.148. The van der Waals surface area contributed by atoms with Crippen LogP contribution >= 0.6 is 11.8 Å². The molecule has 1 aliphatic heterocycles. The Kier molecular flexibility index (Phi) is 3.51. The number of urea groups is 1. The number of hydrogen-bond acceptors (Lipinski definition) is 3. The minimum Gasteiger partial charge on any atom is -0.481 e. The smallest absolute Gasteiger partial charge is 0.317 e. The van der Waals surface area contributed by atoms with E-state index in [1.54, 1.807) is 11.9 Å². The lowest BCUT2D eigenvalue weighted by Crippen LogP contribution is -2.46. The van der Waals surface area contributed by atoms with Crippen LogP contribution in [-0.2, 0) is 4.79 Å². The van der Waals surface area contributed by atoms with Gasteiger partial charge in [-0.05, 0) is 25.0 Å². The first-order chi connectivity index (χ1) is 8.05. The second-order valence-electron chi connectivity index (χ2n) is 4.87. The summed E-state index contributed by atoms with van der Waals surface area (Å²) in [6.45, 7) is 0.255. The molecule has 2 N–H and O–H groups in total. The number of carboxylic acids is 1. The molecule has 96 valence electrons. The number of carboxylic acid groups (broad SMARTS) is 1. The second-order valence-corrected chi connectivity index (χ2v) is 6.02. The van der Waals surface area contributed by atoms with E-state index in [1.807, 2.05) is 11.8 Å². The number of thioether (sulfide) groups is 1. The van der Waals surface area contributed by atoms with Crippen molar-refractivity contribution in [3.63, 3.8) is 0 Å². The summed E-state index contributed by atoms with van der Waals surface area (Å²) in [6.07, 6.45) is 2.37. The van der Waals surface area contributed by atoms with Crippen LogP contribution in [0.15, 0.2) is 0 Å². The van der Waals surface area contributed by atoms with Gasteiger partial charge in [0.05, 0.1) is 5.41 Å². The molecular formula is C11H18N2O3S. The van der Waals surface area contributed by atoms with Crippen molar-refractivity contribution in [3.05, 3.63) is 0 Å². The van der Waals surface area contributed by atoms with Gasteiger partial charge in [-0.25, -0.2) is 4.79 Å². The maximum atomic E-state index is 11.8. The zero-order valence-corrected chi connectivity index (χ0v) is 10.8. The lowest BCUT2D eigenvalue weighted by atomic mass is 10.1. The summed E-state index contributed by atoms with van der Waals surface area (Å²) in [4.78, 5) is 24.5. The summed E-state index contributed by atoms with van der Waals surface area (Å²) < 4.78 is 0. The summed E-state index contributed by atoms with van der Waals surface area (Å²) in [7, 11) is 1.78. The van der Waals surface area contributed by atoms with Crippen LogP contribution in [0.3, 0.4) is 0 Å². The first-order valence-corrected chi connectivity index (χ1v) is 7.02. The lowest BCUT2D eigenvalue weighted by Gasteiger charge is -2.24. The number of amides is 2. The van der Waals surface area contributed by atoms with Crippen LogP contribution in [0, 0.1) is 5.41 Å². The van der Waals surface area contributed by atoms with Gasteiger partial charge in [0.25, 0.3) is 0 Å². The van der Waals surface area contributed by atoms with Crippen molar-refractivity contribution in [2.24, 2.45) is 5.41 Å². The van der Waals surface area contributed by atoms with Gasteiger partial charge in [-0.3, -0.25) is 4.79 Å². The summed E-state index contributed by atoms with van der Waals surface area (Å²) in [5.41, 5.74) is -0.680. The van der Waals surface area contributed by atoms with Crippen LogP contribution in [0.1, 0.15) is 19.3 Å². The Hall–Kier alpha value is -0.910. The highest BCUT2D eigenvalue weighted by Gasteiger charge is 2.50. The topological polar surface area (TPSA) is 69.6 Å². The van der Waals surface area contributed by atoms with E-state index in [2.05, 4.69) is 5.32 Å². The van der Waals surface area contributed by atoms with Crippen LogP contribution < -0.4 is 5.32 Å². The number of hydrogen-bond donors (Lipinski definition) is 2. The van der Waals surface area contributed by atoms with Gasteiger partial charge in [0.15, 0.2) is 0 Å². The Morgan fingerprint density at radius 2 is 2.24 bits per heavy atom. The molecule has 2 fully saturated rings. The number of nitrogens with one attached hydrogen (secondary N) is 1. The Labute approximate surface area is 105 Å². The van der Waals surface area contributed by atoms with Gasteiger partial charge in [-0.15, -0.1) is 0 Å². The predicted octanol–water partition coefficient (Wildman–Crippen LogP) is 0.998. The summed E-state index contributed by atoms with van der Waals surface area (Å²) in [5.74, 6) is 1.28. The van der Waals surface area contributed by atoms with E-state index in [4.69, 9.17) is 5.11 Å². The Morgan fingerprint density at radius 1 is 1.53 bits per heavy atom. The minimum atomic E-state index is -0.795. The fourth-order valence-corrected chi connectivity index (χ4v) is 3.25. The van der Waals surface area contributed by atoms with Gasteiger partial charge in [-0.2, -0.15) is 11.8 Å². The summed E-state index contributed by atoms with van der Waals surface area (Å²) in [5, 5.41) is 11.7. The molecule has 0 bridgehead atoms. The number of nitrogens with zero attached hydrogens (tertiary/aromatic N) is 1. The Bertz CT molecular complexity index is 325. The SMILES string of the molecule is CN(C(=O)NCC1(C(=O)O)CC1)C1CCSC1. The monoisotopic (exact) mass is 258 g/mol. The molecule has 0 aromatic heterocycles. The van der Waals surface area contributed by atoms with E-state index in [9.17, 15) is 9.59 Å². The van der Waals surface area contributed by atoms with Gasteiger partial charge in [0.1, 0.15) is 0 Å². The highest BCUT2D eigenvalue weighted by molar-refractivity contribution is 7.99. The summed E-state index contributed by atoms with van der Waals surface area (Å²) in [6, 6.07) is 0.144. The fraction of sp³-hybridized carbons (Fsp3) is 0.818. The first kappa shape index (κ1) is 12.5. The fourth-order valence-electron chi connectivity index (χ4n) is 1.98. The van der Waals surface area contributed by atoms with Gasteiger partial charge in [-0.1, -0.05) is 0 Å². The van der Waals surface area contributed by atoms with E-state index in [1.165, 1.54) is 0 Å². The standard InChI is InChI=1S/C11H18N2O3S/c1-13(8-2-5-17-6-8)10(16)12-7-11(3-4-11)9(14)15/h8H,2-7H2,1H3,(H,12,16)(H,14,15). The number of aliphatic carboxylic acids is 1. The Balaban J connectivity index is 1.79. The molecule has 17 heavy (non-hydrogen) atoms. The zero-order chi connectivity index (χ0) is 12.5. The molecule has 2 amide bonds. The third-order valence-electron chi connectivity index (χ3n) is 3.66. The predicted molar refractivity (Wildman–Crippen MR) is 66.2 cm³/mol. The van der Waals surface area contributed by atoms with Gasteiger partial charge < -0.3 is 15.3 Å². The van der Waals surface area contributed by atoms with Crippen molar-refractivity contribution in [2.75, 3.05) is 25.1 Å². The van der Waals surface area contributed by atoms with Crippen LogP contribution in [0.5, 0.6) is 0 Å². The molecular weight excluding hydrogens is 240 g/mol.